The Morgan fingerprint density at radius 3 is 2.45 bits per heavy atom. The molecule has 0 saturated carbocycles. The maximum absolute atomic E-state index is 11.7. The molecule has 6 heteroatoms. The van der Waals surface area contributed by atoms with Crippen LogP contribution in [0.3, 0.4) is 0 Å². The summed E-state index contributed by atoms with van der Waals surface area (Å²) in [4.78, 5) is 15.8. The van der Waals surface area contributed by atoms with Crippen molar-refractivity contribution in [2.45, 2.75) is 13.8 Å². The molecule has 1 aromatic carbocycles. The number of hydrogen-bond acceptors (Lipinski definition) is 5. The van der Waals surface area contributed by atoms with Gasteiger partial charge in [0.15, 0.2) is 11.7 Å². The van der Waals surface area contributed by atoms with Crippen LogP contribution in [0.4, 0.5) is 5.13 Å². The number of anilines is 1. The first-order valence-corrected chi connectivity index (χ1v) is 7.13. The quantitative estimate of drug-likeness (QED) is 0.889. The van der Waals surface area contributed by atoms with E-state index in [0.29, 0.717) is 17.5 Å². The van der Waals surface area contributed by atoms with E-state index in [9.17, 15) is 4.79 Å². The molecular formula is C14H16N2O3S. The second-order valence-electron chi connectivity index (χ2n) is 4.04. The van der Waals surface area contributed by atoms with Crippen molar-refractivity contribution in [1.82, 2.24) is 4.98 Å². The Kier molecular flexibility index (Phi) is 4.95. The number of nitrogens with one attached hydrogen (secondary N) is 1. The molecule has 1 amide bonds. The molecule has 1 aromatic heterocycles. The fourth-order valence-electron chi connectivity index (χ4n) is 1.51. The van der Waals surface area contributed by atoms with Gasteiger partial charge in [0.1, 0.15) is 11.5 Å². The van der Waals surface area contributed by atoms with E-state index >= 15 is 0 Å². The predicted octanol–water partition coefficient (Wildman–Crippen LogP) is 2.87. The highest BCUT2D eigenvalue weighted by atomic mass is 32.1. The van der Waals surface area contributed by atoms with Crippen molar-refractivity contribution in [3.8, 4) is 11.5 Å². The standard InChI is InChI=1S/C14H16N2O3S/c1-3-18-11-4-6-12(7-5-11)19-8-13(17)16-14-15-10(2)9-20-14/h4-7,9H,3,8H2,1-2H3,(H,15,16,17). The van der Waals surface area contributed by atoms with Crippen molar-refractivity contribution in [2.24, 2.45) is 0 Å². The maximum Gasteiger partial charge on any atom is 0.264 e. The molecule has 0 aliphatic rings. The van der Waals surface area contributed by atoms with Crippen molar-refractivity contribution in [3.63, 3.8) is 0 Å². The van der Waals surface area contributed by atoms with Gasteiger partial charge in [-0.05, 0) is 38.1 Å². The number of hydrogen-bond donors (Lipinski definition) is 1. The second-order valence-corrected chi connectivity index (χ2v) is 4.89. The third-order valence-electron chi connectivity index (χ3n) is 2.37. The minimum atomic E-state index is -0.228. The van der Waals surface area contributed by atoms with Gasteiger partial charge in [-0.3, -0.25) is 10.1 Å². The Bertz CT molecular complexity index is 566. The van der Waals surface area contributed by atoms with Crippen molar-refractivity contribution < 1.29 is 14.3 Å². The predicted molar refractivity (Wildman–Crippen MR) is 78.6 cm³/mol. The molecular weight excluding hydrogens is 276 g/mol. The van der Waals surface area contributed by atoms with Gasteiger partial charge in [-0.2, -0.15) is 0 Å². The molecule has 106 valence electrons. The number of thiazole rings is 1. The van der Waals surface area contributed by atoms with Gasteiger partial charge >= 0.3 is 0 Å². The number of nitrogens with zero attached hydrogens (tertiary/aromatic N) is 1. The summed E-state index contributed by atoms with van der Waals surface area (Å²) in [6, 6.07) is 7.15. The summed E-state index contributed by atoms with van der Waals surface area (Å²) in [6.45, 7) is 4.38. The van der Waals surface area contributed by atoms with Gasteiger partial charge in [0.05, 0.1) is 12.3 Å². The lowest BCUT2D eigenvalue weighted by Gasteiger charge is -2.07. The number of carbonyl (C=O) groups is 1. The highest BCUT2D eigenvalue weighted by Crippen LogP contribution is 2.18. The fraction of sp³-hybridized carbons (Fsp3) is 0.286. The monoisotopic (exact) mass is 292 g/mol. The second kappa shape index (κ2) is 6.91. The zero-order chi connectivity index (χ0) is 14.4. The number of aryl methyl sites for hydroxylation is 1. The molecule has 0 aliphatic heterocycles. The summed E-state index contributed by atoms with van der Waals surface area (Å²) < 4.78 is 10.7. The summed E-state index contributed by atoms with van der Waals surface area (Å²) in [5, 5.41) is 5.15. The lowest BCUT2D eigenvalue weighted by molar-refractivity contribution is -0.118. The van der Waals surface area contributed by atoms with Crippen LogP contribution in [0.2, 0.25) is 0 Å². The van der Waals surface area contributed by atoms with E-state index in [1.54, 1.807) is 24.3 Å². The molecule has 0 atom stereocenters. The van der Waals surface area contributed by atoms with Crippen molar-refractivity contribution in [2.75, 3.05) is 18.5 Å². The fourth-order valence-corrected chi connectivity index (χ4v) is 2.22. The SMILES string of the molecule is CCOc1ccc(OCC(=O)Nc2nc(C)cs2)cc1. The molecule has 20 heavy (non-hydrogen) atoms. The topological polar surface area (TPSA) is 60.5 Å². The van der Waals surface area contributed by atoms with Gasteiger partial charge in [-0.1, -0.05) is 0 Å². The van der Waals surface area contributed by atoms with Gasteiger partial charge in [-0.15, -0.1) is 11.3 Å². The van der Waals surface area contributed by atoms with Crippen molar-refractivity contribution in [3.05, 3.63) is 35.3 Å². The Morgan fingerprint density at radius 1 is 1.25 bits per heavy atom. The first-order valence-electron chi connectivity index (χ1n) is 6.25. The van der Waals surface area contributed by atoms with E-state index < -0.39 is 0 Å². The minimum absolute atomic E-state index is 0.0490. The lowest BCUT2D eigenvalue weighted by atomic mass is 10.3. The number of carbonyl (C=O) groups excluding carboxylic acids is 1. The number of amides is 1. The van der Waals surface area contributed by atoms with Crippen molar-refractivity contribution in [1.29, 1.82) is 0 Å². The van der Waals surface area contributed by atoms with Gasteiger partial charge in [0.2, 0.25) is 0 Å². The molecule has 0 bridgehead atoms. The van der Waals surface area contributed by atoms with E-state index in [0.717, 1.165) is 11.4 Å². The van der Waals surface area contributed by atoms with Crippen LogP contribution in [-0.4, -0.2) is 24.1 Å². The molecule has 0 aliphatic carbocycles. The molecule has 0 spiro atoms. The summed E-state index contributed by atoms with van der Waals surface area (Å²) in [5.74, 6) is 1.18. The minimum Gasteiger partial charge on any atom is -0.494 e. The molecule has 0 unspecified atom stereocenters. The molecule has 2 rings (SSSR count). The third-order valence-corrected chi connectivity index (χ3v) is 3.25. The van der Waals surface area contributed by atoms with Crippen LogP contribution < -0.4 is 14.8 Å². The van der Waals surface area contributed by atoms with Crippen LogP contribution in [0.1, 0.15) is 12.6 Å². The lowest BCUT2D eigenvalue weighted by Crippen LogP contribution is -2.20. The van der Waals surface area contributed by atoms with Crippen LogP contribution in [0.5, 0.6) is 11.5 Å². The highest BCUT2D eigenvalue weighted by molar-refractivity contribution is 7.13. The van der Waals surface area contributed by atoms with E-state index in [4.69, 9.17) is 9.47 Å². The maximum atomic E-state index is 11.7. The third kappa shape index (κ3) is 4.24. The average Bonchev–Trinajstić information content (AvgIpc) is 2.84. The summed E-state index contributed by atoms with van der Waals surface area (Å²) in [5.41, 5.74) is 0.887. The highest BCUT2D eigenvalue weighted by Gasteiger charge is 2.06. The zero-order valence-electron chi connectivity index (χ0n) is 11.4. The summed E-state index contributed by atoms with van der Waals surface area (Å²) in [7, 11) is 0. The molecule has 2 aromatic rings. The average molecular weight is 292 g/mol. The van der Waals surface area contributed by atoms with Gasteiger partial charge in [0, 0.05) is 5.38 Å². The number of aromatic nitrogens is 1. The van der Waals surface area contributed by atoms with E-state index in [-0.39, 0.29) is 12.5 Å². The summed E-state index contributed by atoms with van der Waals surface area (Å²) >= 11 is 1.39. The van der Waals surface area contributed by atoms with Gasteiger partial charge < -0.3 is 9.47 Å². The van der Waals surface area contributed by atoms with Crippen LogP contribution in [0, 0.1) is 6.92 Å². The number of rotatable bonds is 6. The van der Waals surface area contributed by atoms with Crippen LogP contribution >= 0.6 is 11.3 Å². The van der Waals surface area contributed by atoms with Crippen LogP contribution in [0.25, 0.3) is 0 Å². The molecule has 0 fully saturated rings. The Morgan fingerprint density at radius 2 is 1.90 bits per heavy atom. The Balaban J connectivity index is 1.80. The Labute approximate surface area is 121 Å². The van der Waals surface area contributed by atoms with Crippen molar-refractivity contribution >= 4 is 22.4 Å². The number of benzene rings is 1. The molecule has 5 nitrogen and oxygen atoms in total. The largest absolute Gasteiger partial charge is 0.494 e. The van der Waals surface area contributed by atoms with Crippen LogP contribution in [-0.2, 0) is 4.79 Å². The smallest absolute Gasteiger partial charge is 0.264 e. The first kappa shape index (κ1) is 14.3. The zero-order valence-corrected chi connectivity index (χ0v) is 12.2. The first-order chi connectivity index (χ1) is 9.67. The van der Waals surface area contributed by atoms with E-state index in [2.05, 4.69) is 10.3 Å². The van der Waals surface area contributed by atoms with E-state index in [1.165, 1.54) is 11.3 Å². The molecule has 0 radical (unpaired) electrons. The Hall–Kier alpha value is -2.08. The van der Waals surface area contributed by atoms with Crippen LogP contribution in [0.15, 0.2) is 29.6 Å². The van der Waals surface area contributed by atoms with Gasteiger partial charge in [0.25, 0.3) is 5.91 Å². The molecule has 1 N–H and O–H groups in total. The molecule has 1 heterocycles. The number of ether oxygens (including phenoxy) is 2. The van der Waals surface area contributed by atoms with E-state index in [1.807, 2.05) is 19.2 Å². The summed E-state index contributed by atoms with van der Waals surface area (Å²) in [6.07, 6.45) is 0. The van der Waals surface area contributed by atoms with Gasteiger partial charge in [-0.25, -0.2) is 4.98 Å². The molecule has 0 saturated heterocycles. The normalized spacial score (nSPS) is 10.1.